The number of rotatable bonds is 2. The number of aromatic nitrogens is 2. The lowest BCUT2D eigenvalue weighted by atomic mass is 9.90. The molecule has 2 nitrogen and oxygen atoms in total. The van der Waals surface area contributed by atoms with Gasteiger partial charge in [-0.05, 0) is 30.9 Å². The Morgan fingerprint density at radius 1 is 1.27 bits per heavy atom. The molecular weight excluding hydrogens is 184 g/mol. The molecule has 76 valence electrons. The number of allylic oxidation sites excluding steroid dienone is 4. The maximum Gasteiger partial charge on any atom is 0.125 e. The van der Waals surface area contributed by atoms with Crippen molar-refractivity contribution in [2.75, 3.05) is 0 Å². The van der Waals surface area contributed by atoms with E-state index >= 15 is 0 Å². The Kier molecular flexibility index (Phi) is 2.50. The highest BCUT2D eigenvalue weighted by molar-refractivity contribution is 5.79. The number of aryl methyl sites for hydroxylation is 2. The van der Waals surface area contributed by atoms with Crippen LogP contribution in [0.1, 0.15) is 23.5 Å². The second-order valence-electron chi connectivity index (χ2n) is 3.64. The van der Waals surface area contributed by atoms with E-state index in [-0.39, 0.29) is 0 Å². The second kappa shape index (κ2) is 3.81. The van der Waals surface area contributed by atoms with Crippen molar-refractivity contribution in [2.45, 2.75) is 19.8 Å². The van der Waals surface area contributed by atoms with Gasteiger partial charge in [-0.15, -0.1) is 0 Å². The molecule has 0 radical (unpaired) electrons. The minimum Gasteiger partial charge on any atom is -0.241 e. The topological polar surface area (TPSA) is 25.8 Å². The van der Waals surface area contributed by atoms with Crippen LogP contribution < -0.4 is 0 Å². The van der Waals surface area contributed by atoms with Gasteiger partial charge in [-0.1, -0.05) is 25.3 Å². The summed E-state index contributed by atoms with van der Waals surface area (Å²) < 4.78 is 0. The van der Waals surface area contributed by atoms with Crippen molar-refractivity contribution >= 4 is 5.57 Å². The van der Waals surface area contributed by atoms with Gasteiger partial charge in [0.1, 0.15) is 5.82 Å². The van der Waals surface area contributed by atoms with Crippen molar-refractivity contribution in [2.24, 2.45) is 0 Å². The molecule has 1 heterocycles. The molecule has 0 unspecified atom stereocenters. The van der Waals surface area contributed by atoms with Gasteiger partial charge in [-0.2, -0.15) is 0 Å². The first kappa shape index (κ1) is 9.84. The number of nitrogens with zero attached hydrogens (tertiary/aromatic N) is 2. The molecule has 0 saturated heterocycles. The standard InChI is InChI=1S/C13H14N2/c1-4-10-6-7-11-8-14-9(3)15-13(11)12(10)5-2/h4-5,8H,1-2,6-7H2,3H3. The molecule has 0 saturated carbocycles. The van der Waals surface area contributed by atoms with Crippen molar-refractivity contribution in [1.29, 1.82) is 0 Å². The molecule has 2 heteroatoms. The first-order chi connectivity index (χ1) is 7.26. The molecule has 0 aliphatic heterocycles. The van der Waals surface area contributed by atoms with Gasteiger partial charge in [-0.3, -0.25) is 0 Å². The SMILES string of the molecule is C=CC1=C(C=C)c2nc(C)ncc2CC1. The van der Waals surface area contributed by atoms with Gasteiger partial charge in [0.05, 0.1) is 5.69 Å². The molecule has 0 spiro atoms. The molecule has 1 aliphatic rings. The van der Waals surface area contributed by atoms with E-state index in [4.69, 9.17) is 0 Å². The Hall–Kier alpha value is -1.70. The van der Waals surface area contributed by atoms with Crippen molar-refractivity contribution in [3.8, 4) is 0 Å². The molecule has 1 aromatic heterocycles. The highest BCUT2D eigenvalue weighted by Gasteiger charge is 2.16. The third-order valence-electron chi connectivity index (χ3n) is 2.70. The maximum atomic E-state index is 4.48. The van der Waals surface area contributed by atoms with Crippen LogP contribution in [-0.4, -0.2) is 9.97 Å². The van der Waals surface area contributed by atoms with Crippen molar-refractivity contribution in [3.05, 3.63) is 54.2 Å². The zero-order chi connectivity index (χ0) is 10.8. The molecule has 1 aromatic rings. The van der Waals surface area contributed by atoms with Gasteiger partial charge in [0.2, 0.25) is 0 Å². The van der Waals surface area contributed by atoms with Crippen molar-refractivity contribution in [1.82, 2.24) is 9.97 Å². The van der Waals surface area contributed by atoms with E-state index in [9.17, 15) is 0 Å². The van der Waals surface area contributed by atoms with E-state index in [1.54, 1.807) is 0 Å². The lowest BCUT2D eigenvalue weighted by Crippen LogP contribution is -2.07. The van der Waals surface area contributed by atoms with Gasteiger partial charge in [0.25, 0.3) is 0 Å². The summed E-state index contributed by atoms with van der Waals surface area (Å²) in [4.78, 5) is 8.69. The Morgan fingerprint density at radius 2 is 2.07 bits per heavy atom. The first-order valence-corrected chi connectivity index (χ1v) is 5.07. The van der Waals surface area contributed by atoms with Crippen LogP contribution in [0.2, 0.25) is 0 Å². The molecule has 2 rings (SSSR count). The van der Waals surface area contributed by atoms with E-state index in [1.165, 1.54) is 11.1 Å². The van der Waals surface area contributed by atoms with E-state index in [0.29, 0.717) is 0 Å². The minimum absolute atomic E-state index is 0.804. The van der Waals surface area contributed by atoms with Gasteiger partial charge in [-0.25, -0.2) is 9.97 Å². The average molecular weight is 198 g/mol. The first-order valence-electron chi connectivity index (χ1n) is 5.07. The Balaban J connectivity index is 2.65. The summed E-state index contributed by atoms with van der Waals surface area (Å²) in [5, 5.41) is 0. The fourth-order valence-corrected chi connectivity index (χ4v) is 1.91. The molecule has 1 aliphatic carbocycles. The smallest absolute Gasteiger partial charge is 0.125 e. The predicted molar refractivity (Wildman–Crippen MR) is 62.4 cm³/mol. The quantitative estimate of drug-likeness (QED) is 0.730. The van der Waals surface area contributed by atoms with Crippen LogP contribution in [0.4, 0.5) is 0 Å². The Morgan fingerprint density at radius 3 is 2.73 bits per heavy atom. The van der Waals surface area contributed by atoms with Crippen LogP contribution in [0.15, 0.2) is 37.1 Å². The second-order valence-corrected chi connectivity index (χ2v) is 3.64. The molecule has 0 N–H and O–H groups in total. The molecule has 0 aromatic carbocycles. The Bertz CT molecular complexity index is 456. The van der Waals surface area contributed by atoms with E-state index in [0.717, 1.165) is 29.9 Å². The highest BCUT2D eigenvalue weighted by Crippen LogP contribution is 2.30. The van der Waals surface area contributed by atoms with Gasteiger partial charge >= 0.3 is 0 Å². The lowest BCUT2D eigenvalue weighted by Gasteiger charge is -2.18. The van der Waals surface area contributed by atoms with E-state index in [1.807, 2.05) is 25.3 Å². The van der Waals surface area contributed by atoms with E-state index in [2.05, 4.69) is 23.1 Å². The summed E-state index contributed by atoms with van der Waals surface area (Å²) in [5.41, 5.74) is 4.58. The maximum absolute atomic E-state index is 4.48. The highest BCUT2D eigenvalue weighted by atomic mass is 14.9. The monoisotopic (exact) mass is 198 g/mol. The molecule has 15 heavy (non-hydrogen) atoms. The summed E-state index contributed by atoms with van der Waals surface area (Å²) in [7, 11) is 0. The minimum atomic E-state index is 0.804. The third-order valence-corrected chi connectivity index (χ3v) is 2.70. The molecule has 0 bridgehead atoms. The van der Waals surface area contributed by atoms with Crippen LogP contribution in [0.3, 0.4) is 0 Å². The molecule has 0 fully saturated rings. The summed E-state index contributed by atoms with van der Waals surface area (Å²) in [6.07, 6.45) is 7.68. The van der Waals surface area contributed by atoms with Crippen LogP contribution in [0, 0.1) is 6.92 Å². The predicted octanol–water partition coefficient (Wildman–Crippen LogP) is 2.86. The van der Waals surface area contributed by atoms with Gasteiger partial charge < -0.3 is 0 Å². The normalized spacial score (nSPS) is 14.7. The van der Waals surface area contributed by atoms with Crippen LogP contribution >= 0.6 is 0 Å². The Labute approximate surface area is 90.1 Å². The zero-order valence-corrected chi connectivity index (χ0v) is 8.95. The van der Waals surface area contributed by atoms with Gasteiger partial charge in [0, 0.05) is 11.8 Å². The van der Waals surface area contributed by atoms with Gasteiger partial charge in [0.15, 0.2) is 0 Å². The van der Waals surface area contributed by atoms with Crippen LogP contribution in [0.5, 0.6) is 0 Å². The number of hydrogen-bond acceptors (Lipinski definition) is 2. The molecule has 0 amide bonds. The summed E-state index contributed by atoms with van der Waals surface area (Å²) >= 11 is 0. The van der Waals surface area contributed by atoms with Crippen molar-refractivity contribution < 1.29 is 0 Å². The summed E-state index contributed by atoms with van der Waals surface area (Å²) in [6.45, 7) is 9.58. The van der Waals surface area contributed by atoms with Crippen LogP contribution in [-0.2, 0) is 6.42 Å². The van der Waals surface area contributed by atoms with Crippen molar-refractivity contribution in [3.63, 3.8) is 0 Å². The summed E-state index contributed by atoms with van der Waals surface area (Å²) in [6, 6.07) is 0. The number of fused-ring (bicyclic) bond motifs is 1. The average Bonchev–Trinajstić information content (AvgIpc) is 2.27. The fourth-order valence-electron chi connectivity index (χ4n) is 1.91. The van der Waals surface area contributed by atoms with E-state index < -0.39 is 0 Å². The third kappa shape index (κ3) is 1.63. The largest absolute Gasteiger partial charge is 0.241 e. The molecule has 0 atom stereocenters. The summed E-state index contributed by atoms with van der Waals surface area (Å²) in [5.74, 6) is 0.804. The van der Waals surface area contributed by atoms with Crippen LogP contribution in [0.25, 0.3) is 5.57 Å². The number of hydrogen-bond donors (Lipinski definition) is 0. The molecular formula is C13H14N2. The zero-order valence-electron chi connectivity index (χ0n) is 8.95. The lowest BCUT2D eigenvalue weighted by molar-refractivity contribution is 0.888. The fraction of sp³-hybridized carbons (Fsp3) is 0.231.